The van der Waals surface area contributed by atoms with Crippen molar-refractivity contribution in [2.24, 2.45) is 0 Å². The Morgan fingerprint density at radius 1 is 1.29 bits per heavy atom. The molecular formula is C10H8F2S2. The third-order valence-electron chi connectivity index (χ3n) is 2.00. The Morgan fingerprint density at radius 2 is 2.00 bits per heavy atom. The maximum atomic E-state index is 12.2. The fourth-order valence-corrected chi connectivity index (χ4v) is 3.41. The molecule has 14 heavy (non-hydrogen) atoms. The second kappa shape index (κ2) is 3.87. The van der Waals surface area contributed by atoms with E-state index in [1.165, 1.54) is 11.3 Å². The Bertz CT molecular complexity index is 448. The highest BCUT2D eigenvalue weighted by Gasteiger charge is 2.12. The molecule has 0 unspecified atom stereocenters. The number of rotatable bonds is 2. The van der Waals surface area contributed by atoms with E-state index >= 15 is 0 Å². The van der Waals surface area contributed by atoms with E-state index in [4.69, 9.17) is 0 Å². The molecule has 1 heterocycles. The topological polar surface area (TPSA) is 0 Å². The lowest BCUT2D eigenvalue weighted by molar-refractivity contribution is 0.252. The van der Waals surface area contributed by atoms with E-state index in [2.05, 4.69) is 0 Å². The first-order chi connectivity index (χ1) is 6.68. The Morgan fingerprint density at radius 3 is 2.64 bits per heavy atom. The number of fused-ring (bicyclic) bond motifs is 1. The Kier molecular flexibility index (Phi) is 2.74. The number of hydrogen-bond acceptors (Lipinski definition) is 2. The van der Waals surface area contributed by atoms with Gasteiger partial charge in [-0.3, -0.25) is 0 Å². The molecule has 0 nitrogen and oxygen atoms in total. The van der Waals surface area contributed by atoms with Crippen LogP contribution in [0.3, 0.4) is 0 Å². The highest BCUT2D eigenvalue weighted by molar-refractivity contribution is 8.01. The molecule has 74 valence electrons. The number of alkyl halides is 2. The predicted octanol–water partition coefficient (Wildman–Crippen LogP) is 4.52. The van der Waals surface area contributed by atoms with Crippen LogP contribution in [0.5, 0.6) is 0 Å². The molecule has 0 amide bonds. The Hall–Kier alpha value is -0.610. The third kappa shape index (κ3) is 1.77. The van der Waals surface area contributed by atoms with Crippen molar-refractivity contribution < 1.29 is 8.78 Å². The molecule has 2 aromatic rings. The standard InChI is InChI=1S/C10H8F2S2/c1-6-7-4-2-3-5-8(7)13-9(6)14-10(11)12/h2-5,10H,1H3. The minimum atomic E-state index is -2.33. The molecule has 0 aliphatic rings. The number of hydrogen-bond donors (Lipinski definition) is 0. The van der Waals surface area contributed by atoms with E-state index in [1.54, 1.807) is 0 Å². The smallest absolute Gasteiger partial charge is 0.198 e. The van der Waals surface area contributed by atoms with E-state index in [0.717, 1.165) is 19.9 Å². The minimum absolute atomic E-state index is 0.636. The summed E-state index contributed by atoms with van der Waals surface area (Å²) in [6, 6.07) is 7.78. The van der Waals surface area contributed by atoms with Crippen molar-refractivity contribution in [2.75, 3.05) is 0 Å². The van der Waals surface area contributed by atoms with Gasteiger partial charge in [-0.1, -0.05) is 18.2 Å². The van der Waals surface area contributed by atoms with Crippen molar-refractivity contribution >= 4 is 33.2 Å². The highest BCUT2D eigenvalue weighted by atomic mass is 32.2. The second-order valence-corrected chi connectivity index (χ2v) is 5.20. The molecule has 4 heteroatoms. The van der Waals surface area contributed by atoms with Crippen LogP contribution in [-0.4, -0.2) is 5.76 Å². The van der Waals surface area contributed by atoms with Crippen LogP contribution in [0, 0.1) is 6.92 Å². The van der Waals surface area contributed by atoms with Crippen molar-refractivity contribution in [3.63, 3.8) is 0 Å². The van der Waals surface area contributed by atoms with Gasteiger partial charge in [-0.2, -0.15) is 8.78 Å². The third-order valence-corrected chi connectivity index (χ3v) is 4.30. The molecule has 0 saturated carbocycles. The average Bonchev–Trinajstić information content (AvgIpc) is 2.44. The summed E-state index contributed by atoms with van der Waals surface area (Å²) in [4.78, 5) is 0. The SMILES string of the molecule is Cc1c(SC(F)F)sc2ccccc12. The Labute approximate surface area is 88.9 Å². The van der Waals surface area contributed by atoms with Crippen LogP contribution < -0.4 is 0 Å². The van der Waals surface area contributed by atoms with Crippen LogP contribution in [0.4, 0.5) is 8.78 Å². The van der Waals surface area contributed by atoms with Crippen molar-refractivity contribution in [1.29, 1.82) is 0 Å². The van der Waals surface area contributed by atoms with Gasteiger partial charge >= 0.3 is 0 Å². The van der Waals surface area contributed by atoms with Gasteiger partial charge in [-0.05, 0) is 35.7 Å². The first kappa shape index (κ1) is 9.93. The number of thioether (sulfide) groups is 1. The van der Waals surface area contributed by atoms with Gasteiger partial charge in [-0.25, -0.2) is 0 Å². The van der Waals surface area contributed by atoms with E-state index < -0.39 is 5.76 Å². The van der Waals surface area contributed by atoms with E-state index in [-0.39, 0.29) is 0 Å². The van der Waals surface area contributed by atoms with E-state index in [0.29, 0.717) is 11.8 Å². The lowest BCUT2D eigenvalue weighted by Crippen LogP contribution is -1.79. The second-order valence-electron chi connectivity index (χ2n) is 2.89. The molecule has 0 atom stereocenters. The zero-order valence-electron chi connectivity index (χ0n) is 7.46. The molecule has 0 aliphatic heterocycles. The van der Waals surface area contributed by atoms with Crippen molar-refractivity contribution in [1.82, 2.24) is 0 Å². The molecule has 2 rings (SSSR count). The number of benzene rings is 1. The summed E-state index contributed by atoms with van der Waals surface area (Å²) in [5.74, 6) is -2.33. The van der Waals surface area contributed by atoms with Crippen LogP contribution in [0.25, 0.3) is 10.1 Å². The van der Waals surface area contributed by atoms with Crippen molar-refractivity contribution in [3.8, 4) is 0 Å². The molecule has 0 fully saturated rings. The minimum Gasteiger partial charge on any atom is -0.198 e. The normalized spacial score (nSPS) is 11.4. The van der Waals surface area contributed by atoms with Gasteiger partial charge in [0.15, 0.2) is 0 Å². The average molecular weight is 230 g/mol. The van der Waals surface area contributed by atoms with Crippen LogP contribution >= 0.6 is 23.1 Å². The summed E-state index contributed by atoms with van der Waals surface area (Å²) in [7, 11) is 0. The van der Waals surface area contributed by atoms with Crippen LogP contribution in [0.15, 0.2) is 28.5 Å². The molecule has 0 spiro atoms. The monoisotopic (exact) mass is 230 g/mol. The van der Waals surface area contributed by atoms with Gasteiger partial charge < -0.3 is 0 Å². The van der Waals surface area contributed by atoms with Crippen LogP contribution in [0.1, 0.15) is 5.56 Å². The summed E-state index contributed by atoms with van der Waals surface area (Å²) >= 11 is 2.07. The molecular weight excluding hydrogens is 222 g/mol. The fraction of sp³-hybridized carbons (Fsp3) is 0.200. The largest absolute Gasteiger partial charge is 0.289 e. The van der Waals surface area contributed by atoms with Gasteiger partial charge in [0.05, 0.1) is 4.21 Å². The van der Waals surface area contributed by atoms with Gasteiger partial charge in [-0.15, -0.1) is 11.3 Å². The first-order valence-corrected chi connectivity index (χ1v) is 5.81. The van der Waals surface area contributed by atoms with E-state index in [1.807, 2.05) is 31.2 Å². The van der Waals surface area contributed by atoms with Crippen LogP contribution in [-0.2, 0) is 0 Å². The first-order valence-electron chi connectivity index (χ1n) is 4.11. The summed E-state index contributed by atoms with van der Waals surface area (Å²) in [5.41, 5.74) is 0.968. The van der Waals surface area contributed by atoms with E-state index in [9.17, 15) is 8.78 Å². The molecule has 0 bridgehead atoms. The van der Waals surface area contributed by atoms with Gasteiger partial charge in [0.2, 0.25) is 0 Å². The molecule has 0 N–H and O–H groups in total. The summed E-state index contributed by atoms with van der Waals surface area (Å²) in [5, 5.41) is 1.08. The van der Waals surface area contributed by atoms with Crippen LogP contribution in [0.2, 0.25) is 0 Å². The summed E-state index contributed by atoms with van der Waals surface area (Å²) in [6.07, 6.45) is 0. The number of halogens is 2. The molecule has 1 aromatic heterocycles. The zero-order valence-corrected chi connectivity index (χ0v) is 9.09. The van der Waals surface area contributed by atoms with Crippen molar-refractivity contribution in [3.05, 3.63) is 29.8 Å². The molecule has 0 saturated heterocycles. The zero-order chi connectivity index (χ0) is 10.1. The summed E-state index contributed by atoms with van der Waals surface area (Å²) < 4.78 is 26.2. The van der Waals surface area contributed by atoms with Gasteiger partial charge in [0.25, 0.3) is 5.76 Å². The lowest BCUT2D eigenvalue weighted by atomic mass is 10.2. The van der Waals surface area contributed by atoms with Gasteiger partial charge in [0, 0.05) is 4.70 Å². The highest BCUT2D eigenvalue weighted by Crippen LogP contribution is 2.39. The van der Waals surface area contributed by atoms with Gasteiger partial charge in [0.1, 0.15) is 0 Å². The maximum absolute atomic E-state index is 12.2. The molecule has 0 aliphatic carbocycles. The predicted molar refractivity (Wildman–Crippen MR) is 58.4 cm³/mol. The Balaban J connectivity index is 2.51. The lowest BCUT2D eigenvalue weighted by Gasteiger charge is -1.96. The van der Waals surface area contributed by atoms with Crippen molar-refractivity contribution in [2.45, 2.75) is 16.9 Å². The number of thiophene rings is 1. The molecule has 1 aromatic carbocycles. The quantitative estimate of drug-likeness (QED) is 0.683. The fourth-order valence-electron chi connectivity index (χ4n) is 1.35. The maximum Gasteiger partial charge on any atom is 0.289 e. The summed E-state index contributed by atoms with van der Waals surface area (Å²) in [6.45, 7) is 1.89. The number of aryl methyl sites for hydroxylation is 1. The molecule has 0 radical (unpaired) electrons.